The van der Waals surface area contributed by atoms with Crippen molar-refractivity contribution in [3.05, 3.63) is 29.0 Å². The van der Waals surface area contributed by atoms with E-state index in [9.17, 15) is 9.18 Å². The van der Waals surface area contributed by atoms with E-state index in [-0.39, 0.29) is 10.9 Å². The molecular weight excluding hydrogens is 271 g/mol. The quantitative estimate of drug-likeness (QED) is 0.864. The van der Waals surface area contributed by atoms with Crippen LogP contribution in [0.2, 0.25) is 5.02 Å². The molecule has 2 N–H and O–H groups in total. The van der Waals surface area contributed by atoms with E-state index < -0.39 is 11.9 Å². The molecule has 1 saturated heterocycles. The molecule has 1 amide bonds. The van der Waals surface area contributed by atoms with Gasteiger partial charge in [0.05, 0.1) is 5.02 Å². The lowest BCUT2D eigenvalue weighted by molar-refractivity contribution is -0.127. The number of hydrogen-bond acceptors (Lipinski definition) is 3. The van der Waals surface area contributed by atoms with Gasteiger partial charge in [0.15, 0.2) is 6.10 Å². The van der Waals surface area contributed by atoms with Crippen LogP contribution in [0, 0.1) is 11.7 Å². The summed E-state index contributed by atoms with van der Waals surface area (Å²) in [6.07, 6.45) is -0.670. The van der Waals surface area contributed by atoms with Gasteiger partial charge >= 0.3 is 0 Å². The smallest absolute Gasteiger partial charge is 0.260 e. The maximum absolute atomic E-state index is 12.9. The van der Waals surface area contributed by atoms with Crippen molar-refractivity contribution >= 4 is 17.5 Å². The summed E-state index contributed by atoms with van der Waals surface area (Å²) in [6, 6.07) is 3.81. The second-order valence-corrected chi connectivity index (χ2v) is 5.01. The fourth-order valence-corrected chi connectivity index (χ4v) is 1.91. The Hall–Kier alpha value is -1.33. The van der Waals surface area contributed by atoms with Gasteiger partial charge < -0.3 is 15.4 Å². The van der Waals surface area contributed by atoms with Crippen molar-refractivity contribution in [1.82, 2.24) is 10.6 Å². The van der Waals surface area contributed by atoms with E-state index in [1.54, 1.807) is 6.92 Å². The Morgan fingerprint density at radius 3 is 2.95 bits per heavy atom. The lowest BCUT2D eigenvalue weighted by Gasteiger charge is -2.27. The van der Waals surface area contributed by atoms with Crippen LogP contribution in [0.5, 0.6) is 5.75 Å². The Morgan fingerprint density at radius 1 is 1.63 bits per heavy atom. The molecule has 1 aliphatic heterocycles. The molecule has 0 aromatic heterocycles. The Labute approximate surface area is 116 Å². The largest absolute Gasteiger partial charge is 0.479 e. The molecule has 1 unspecified atom stereocenters. The maximum Gasteiger partial charge on any atom is 0.260 e. The van der Waals surface area contributed by atoms with Gasteiger partial charge in [-0.2, -0.15) is 0 Å². The van der Waals surface area contributed by atoms with Crippen LogP contribution < -0.4 is 15.4 Å². The molecule has 1 fully saturated rings. The van der Waals surface area contributed by atoms with Crippen LogP contribution >= 0.6 is 11.6 Å². The molecule has 0 radical (unpaired) electrons. The summed E-state index contributed by atoms with van der Waals surface area (Å²) >= 11 is 5.83. The van der Waals surface area contributed by atoms with Crippen molar-refractivity contribution in [2.45, 2.75) is 13.0 Å². The van der Waals surface area contributed by atoms with Gasteiger partial charge in [0.2, 0.25) is 0 Å². The molecule has 104 valence electrons. The summed E-state index contributed by atoms with van der Waals surface area (Å²) in [5, 5.41) is 6.10. The van der Waals surface area contributed by atoms with Crippen molar-refractivity contribution in [3.63, 3.8) is 0 Å². The predicted molar refractivity (Wildman–Crippen MR) is 70.9 cm³/mol. The SMILES string of the molecule is CC(Oc1ccc(F)cc1Cl)C(=O)NCC1CNC1. The molecule has 2 rings (SSSR count). The van der Waals surface area contributed by atoms with Gasteiger partial charge in [-0.1, -0.05) is 11.6 Å². The highest BCUT2D eigenvalue weighted by Crippen LogP contribution is 2.25. The summed E-state index contributed by atoms with van der Waals surface area (Å²) in [4.78, 5) is 11.8. The molecule has 0 spiro atoms. The van der Waals surface area contributed by atoms with Crippen LogP contribution in [-0.4, -0.2) is 31.6 Å². The first-order valence-corrected chi connectivity index (χ1v) is 6.54. The third-order valence-electron chi connectivity index (χ3n) is 3.00. The third kappa shape index (κ3) is 3.81. The van der Waals surface area contributed by atoms with Gasteiger partial charge in [-0.25, -0.2) is 4.39 Å². The molecule has 1 aromatic rings. The number of carbonyl (C=O) groups excluding carboxylic acids is 1. The number of benzene rings is 1. The monoisotopic (exact) mass is 286 g/mol. The van der Waals surface area contributed by atoms with E-state index in [2.05, 4.69) is 10.6 Å². The van der Waals surface area contributed by atoms with Gasteiger partial charge in [-0.3, -0.25) is 4.79 Å². The average molecular weight is 287 g/mol. The first-order valence-electron chi connectivity index (χ1n) is 6.16. The number of hydrogen-bond donors (Lipinski definition) is 2. The highest BCUT2D eigenvalue weighted by atomic mass is 35.5. The van der Waals surface area contributed by atoms with Crippen LogP contribution in [0.4, 0.5) is 4.39 Å². The van der Waals surface area contributed by atoms with Gasteiger partial charge in [-0.05, 0) is 25.1 Å². The van der Waals surface area contributed by atoms with E-state index in [1.807, 2.05) is 0 Å². The summed E-state index contributed by atoms with van der Waals surface area (Å²) in [7, 11) is 0. The highest BCUT2D eigenvalue weighted by molar-refractivity contribution is 6.32. The lowest BCUT2D eigenvalue weighted by Crippen LogP contribution is -2.49. The molecule has 0 bridgehead atoms. The minimum Gasteiger partial charge on any atom is -0.479 e. The third-order valence-corrected chi connectivity index (χ3v) is 3.29. The minimum atomic E-state index is -0.670. The fraction of sp³-hybridized carbons (Fsp3) is 0.462. The normalized spacial score (nSPS) is 16.6. The van der Waals surface area contributed by atoms with Crippen molar-refractivity contribution in [1.29, 1.82) is 0 Å². The molecule has 0 aliphatic carbocycles. The van der Waals surface area contributed by atoms with Gasteiger partial charge in [0.25, 0.3) is 5.91 Å². The maximum atomic E-state index is 12.9. The van der Waals surface area contributed by atoms with Crippen molar-refractivity contribution in [3.8, 4) is 5.75 Å². The molecule has 6 heteroatoms. The molecule has 1 aromatic carbocycles. The first-order chi connectivity index (χ1) is 9.06. The Kier molecular flexibility index (Phi) is 4.61. The molecule has 19 heavy (non-hydrogen) atoms. The first kappa shape index (κ1) is 14.1. The van der Waals surface area contributed by atoms with Crippen molar-refractivity contribution in [2.75, 3.05) is 19.6 Å². The number of ether oxygens (including phenoxy) is 1. The molecule has 1 heterocycles. The van der Waals surface area contributed by atoms with E-state index in [0.29, 0.717) is 18.2 Å². The Bertz CT molecular complexity index is 466. The van der Waals surface area contributed by atoms with Gasteiger partial charge in [0.1, 0.15) is 11.6 Å². The number of rotatable bonds is 5. The van der Waals surface area contributed by atoms with Crippen molar-refractivity contribution in [2.24, 2.45) is 5.92 Å². The number of carbonyl (C=O) groups is 1. The van der Waals surface area contributed by atoms with Gasteiger partial charge in [0, 0.05) is 25.6 Å². The zero-order chi connectivity index (χ0) is 13.8. The molecule has 1 aliphatic rings. The lowest BCUT2D eigenvalue weighted by atomic mass is 10.0. The van der Waals surface area contributed by atoms with E-state index in [1.165, 1.54) is 12.1 Å². The second kappa shape index (κ2) is 6.21. The van der Waals surface area contributed by atoms with E-state index in [4.69, 9.17) is 16.3 Å². The number of amides is 1. The van der Waals surface area contributed by atoms with E-state index >= 15 is 0 Å². The van der Waals surface area contributed by atoms with E-state index in [0.717, 1.165) is 19.2 Å². The highest BCUT2D eigenvalue weighted by Gasteiger charge is 2.20. The Morgan fingerprint density at radius 2 is 2.37 bits per heavy atom. The molecular formula is C13H16ClFN2O2. The Balaban J connectivity index is 1.84. The summed E-state index contributed by atoms with van der Waals surface area (Å²) in [5.41, 5.74) is 0. The summed E-state index contributed by atoms with van der Waals surface area (Å²) in [6.45, 7) is 4.13. The standard InChI is InChI=1S/C13H16ClFN2O2/c1-8(13(18)17-7-9-5-16-6-9)19-12-3-2-10(15)4-11(12)14/h2-4,8-9,16H,5-7H2,1H3,(H,17,18). The van der Waals surface area contributed by atoms with Crippen molar-refractivity contribution < 1.29 is 13.9 Å². The van der Waals surface area contributed by atoms with Crippen LogP contribution in [0.15, 0.2) is 18.2 Å². The fourth-order valence-electron chi connectivity index (χ4n) is 1.70. The van der Waals surface area contributed by atoms with Crippen LogP contribution in [-0.2, 0) is 4.79 Å². The summed E-state index contributed by atoms with van der Waals surface area (Å²) < 4.78 is 18.3. The summed E-state index contributed by atoms with van der Waals surface area (Å²) in [5.74, 6) is 0.154. The molecule has 4 nitrogen and oxygen atoms in total. The van der Waals surface area contributed by atoms with Crippen LogP contribution in [0.3, 0.4) is 0 Å². The number of halogens is 2. The predicted octanol–water partition coefficient (Wildman–Crippen LogP) is 1.58. The average Bonchev–Trinajstić information content (AvgIpc) is 2.30. The zero-order valence-corrected chi connectivity index (χ0v) is 11.3. The number of nitrogens with one attached hydrogen (secondary N) is 2. The molecule has 1 atom stereocenters. The van der Waals surface area contributed by atoms with Crippen LogP contribution in [0.25, 0.3) is 0 Å². The molecule has 0 saturated carbocycles. The second-order valence-electron chi connectivity index (χ2n) is 4.60. The topological polar surface area (TPSA) is 50.4 Å². The van der Waals surface area contributed by atoms with Crippen LogP contribution in [0.1, 0.15) is 6.92 Å². The zero-order valence-electron chi connectivity index (χ0n) is 10.6. The van der Waals surface area contributed by atoms with Gasteiger partial charge in [-0.15, -0.1) is 0 Å². The minimum absolute atomic E-state index is 0.155.